The van der Waals surface area contributed by atoms with Gasteiger partial charge in [-0.05, 0) is 51.3 Å². The minimum Gasteiger partial charge on any atom is -0.385 e. The van der Waals surface area contributed by atoms with Gasteiger partial charge in [0.1, 0.15) is 0 Å². The second-order valence-corrected chi connectivity index (χ2v) is 5.98. The molecule has 2 aliphatic rings. The van der Waals surface area contributed by atoms with Gasteiger partial charge >= 0.3 is 0 Å². The average molecular weight is 278 g/mol. The lowest BCUT2D eigenvalue weighted by Crippen LogP contribution is -2.45. The Bertz CT molecular complexity index is 337. The lowest BCUT2D eigenvalue weighted by Gasteiger charge is -2.32. The van der Waals surface area contributed by atoms with Crippen LogP contribution >= 0.6 is 0 Å². The van der Waals surface area contributed by atoms with Crippen molar-refractivity contribution < 1.29 is 0 Å². The number of hydrogen-bond donors (Lipinski definition) is 2. The summed E-state index contributed by atoms with van der Waals surface area (Å²) in [5.41, 5.74) is 12.1. The lowest BCUT2D eigenvalue weighted by molar-refractivity contribution is 0.149. The molecule has 0 aromatic rings. The molecule has 1 fully saturated rings. The fourth-order valence-electron chi connectivity index (χ4n) is 3.05. The summed E-state index contributed by atoms with van der Waals surface area (Å²) in [7, 11) is 0. The molecule has 2 heterocycles. The first-order valence-electron chi connectivity index (χ1n) is 8.14. The molecule has 4 N–H and O–H groups in total. The zero-order valence-electron chi connectivity index (χ0n) is 12.6. The summed E-state index contributed by atoms with van der Waals surface area (Å²) in [5, 5.41) is 0. The molecule has 0 bridgehead atoms. The minimum absolute atomic E-state index is 0.314. The highest BCUT2D eigenvalue weighted by Crippen LogP contribution is 2.14. The topological polar surface area (TPSA) is 58.5 Å². The Morgan fingerprint density at radius 1 is 1.10 bits per heavy atom. The number of piperidine rings is 1. The Morgan fingerprint density at radius 3 is 2.65 bits per heavy atom. The number of hydrogen-bond acceptors (Lipinski definition) is 4. The Kier molecular flexibility index (Phi) is 6.40. The fourth-order valence-corrected chi connectivity index (χ4v) is 3.05. The molecule has 0 radical (unpaired) electrons. The van der Waals surface area contributed by atoms with Crippen LogP contribution in [0.25, 0.3) is 0 Å². The Balaban J connectivity index is 1.49. The molecular weight excluding hydrogens is 248 g/mol. The third-order valence-electron chi connectivity index (χ3n) is 4.38. The number of likely N-dealkylation sites (tertiary alicyclic amines) is 1. The summed E-state index contributed by atoms with van der Waals surface area (Å²) >= 11 is 0. The molecule has 0 saturated carbocycles. The van der Waals surface area contributed by atoms with Crippen LogP contribution in [-0.4, -0.2) is 42.1 Å². The van der Waals surface area contributed by atoms with E-state index < -0.39 is 0 Å². The van der Waals surface area contributed by atoms with Crippen LogP contribution in [-0.2, 0) is 0 Å². The van der Waals surface area contributed by atoms with Crippen LogP contribution in [0.5, 0.6) is 0 Å². The summed E-state index contributed by atoms with van der Waals surface area (Å²) in [4.78, 5) is 4.71. The molecule has 4 heteroatoms. The first-order valence-corrected chi connectivity index (χ1v) is 8.14. The molecule has 20 heavy (non-hydrogen) atoms. The summed E-state index contributed by atoms with van der Waals surface area (Å²) in [6, 6.07) is 0. The van der Waals surface area contributed by atoms with E-state index >= 15 is 0 Å². The van der Waals surface area contributed by atoms with E-state index in [4.69, 9.17) is 11.5 Å². The molecule has 0 spiro atoms. The number of allylic oxidation sites excluding steroid dienone is 2. The maximum atomic E-state index is 6.13. The Labute approximate surface area is 123 Å². The van der Waals surface area contributed by atoms with Crippen molar-refractivity contribution >= 4 is 0 Å². The van der Waals surface area contributed by atoms with E-state index in [1.165, 1.54) is 58.0 Å². The molecule has 0 aromatic heterocycles. The van der Waals surface area contributed by atoms with Crippen molar-refractivity contribution in [1.82, 2.24) is 9.80 Å². The summed E-state index contributed by atoms with van der Waals surface area (Å²) in [6.07, 6.45) is 15.4. The first-order chi connectivity index (χ1) is 9.77. The monoisotopic (exact) mass is 278 g/mol. The van der Waals surface area contributed by atoms with Crippen molar-refractivity contribution in [2.45, 2.75) is 51.1 Å². The van der Waals surface area contributed by atoms with E-state index in [-0.39, 0.29) is 0 Å². The maximum Gasteiger partial charge on any atom is 0.0989 e. The molecule has 114 valence electrons. The van der Waals surface area contributed by atoms with Crippen LogP contribution in [0, 0.1) is 0 Å². The van der Waals surface area contributed by atoms with Crippen LogP contribution in [0.2, 0.25) is 0 Å². The highest BCUT2D eigenvalue weighted by Gasteiger charge is 2.17. The predicted octanol–water partition coefficient (Wildman–Crippen LogP) is 1.99. The van der Waals surface area contributed by atoms with E-state index in [0.717, 1.165) is 18.9 Å². The van der Waals surface area contributed by atoms with E-state index in [2.05, 4.69) is 15.9 Å². The largest absolute Gasteiger partial charge is 0.385 e. The highest BCUT2D eigenvalue weighted by molar-refractivity contribution is 5.14. The van der Waals surface area contributed by atoms with Gasteiger partial charge in [0.2, 0.25) is 0 Å². The second-order valence-electron chi connectivity index (χ2n) is 5.98. The predicted molar refractivity (Wildman–Crippen MR) is 84.9 cm³/mol. The number of nitrogens with zero attached hydrogens (tertiary/aromatic N) is 2. The Hall–Kier alpha value is -1.00. The first kappa shape index (κ1) is 15.4. The van der Waals surface area contributed by atoms with Crippen molar-refractivity contribution in [2.24, 2.45) is 11.5 Å². The summed E-state index contributed by atoms with van der Waals surface area (Å²) in [6.45, 7) is 4.42. The Morgan fingerprint density at radius 2 is 1.90 bits per heavy atom. The van der Waals surface area contributed by atoms with Crippen LogP contribution < -0.4 is 11.5 Å². The van der Waals surface area contributed by atoms with Gasteiger partial charge in [0.15, 0.2) is 0 Å². The van der Waals surface area contributed by atoms with Gasteiger partial charge in [0, 0.05) is 13.1 Å². The standard InChI is InChI=1S/C16H30N4/c17-15-9-3-7-13-19(15)11-5-1-2-6-12-20-14-8-4-10-16(20)18/h3,7,9,16H,1-2,4-6,8,10-14,17-18H2. The molecule has 2 rings (SSSR count). The third-order valence-corrected chi connectivity index (χ3v) is 4.38. The zero-order chi connectivity index (χ0) is 14.2. The number of nitrogens with two attached hydrogens (primary N) is 2. The average Bonchev–Trinajstić information content (AvgIpc) is 2.46. The highest BCUT2D eigenvalue weighted by atomic mass is 15.2. The lowest BCUT2D eigenvalue weighted by atomic mass is 10.1. The zero-order valence-corrected chi connectivity index (χ0v) is 12.6. The van der Waals surface area contributed by atoms with Gasteiger partial charge in [-0.3, -0.25) is 4.90 Å². The van der Waals surface area contributed by atoms with Crippen molar-refractivity contribution in [1.29, 1.82) is 0 Å². The molecule has 1 unspecified atom stereocenters. The van der Waals surface area contributed by atoms with Gasteiger partial charge in [0.25, 0.3) is 0 Å². The minimum atomic E-state index is 0.314. The smallest absolute Gasteiger partial charge is 0.0989 e. The summed E-state index contributed by atoms with van der Waals surface area (Å²) < 4.78 is 0. The molecule has 4 nitrogen and oxygen atoms in total. The molecule has 0 amide bonds. The molecular formula is C16H30N4. The van der Waals surface area contributed by atoms with Gasteiger partial charge in [-0.2, -0.15) is 0 Å². The quantitative estimate of drug-likeness (QED) is 0.699. The van der Waals surface area contributed by atoms with Crippen LogP contribution in [0.1, 0.15) is 44.9 Å². The van der Waals surface area contributed by atoms with E-state index in [1.54, 1.807) is 0 Å². The van der Waals surface area contributed by atoms with Crippen LogP contribution in [0.3, 0.4) is 0 Å². The number of unbranched alkanes of at least 4 members (excludes halogenated alkanes) is 3. The molecule has 0 aromatic carbocycles. The molecule has 0 aliphatic carbocycles. The van der Waals surface area contributed by atoms with Crippen molar-refractivity contribution in [3.8, 4) is 0 Å². The third kappa shape index (κ3) is 4.84. The summed E-state index contributed by atoms with van der Waals surface area (Å²) in [5.74, 6) is 0.909. The molecule has 1 saturated heterocycles. The van der Waals surface area contributed by atoms with Gasteiger partial charge in [-0.1, -0.05) is 25.0 Å². The normalized spacial score (nSPS) is 23.9. The second kappa shape index (κ2) is 8.32. The molecule has 2 aliphatic heterocycles. The molecule has 1 atom stereocenters. The van der Waals surface area contributed by atoms with E-state index in [1.807, 2.05) is 12.2 Å². The van der Waals surface area contributed by atoms with E-state index in [0.29, 0.717) is 6.17 Å². The van der Waals surface area contributed by atoms with Gasteiger partial charge in [-0.25, -0.2) is 0 Å². The van der Waals surface area contributed by atoms with Crippen LogP contribution in [0.4, 0.5) is 0 Å². The van der Waals surface area contributed by atoms with Gasteiger partial charge in [-0.15, -0.1) is 0 Å². The van der Waals surface area contributed by atoms with Crippen molar-refractivity contribution in [3.05, 3.63) is 24.0 Å². The fraction of sp³-hybridized carbons (Fsp3) is 0.750. The van der Waals surface area contributed by atoms with E-state index in [9.17, 15) is 0 Å². The van der Waals surface area contributed by atoms with Gasteiger partial charge in [0.05, 0.1) is 12.0 Å². The van der Waals surface area contributed by atoms with Crippen molar-refractivity contribution in [2.75, 3.05) is 26.2 Å². The van der Waals surface area contributed by atoms with Crippen molar-refractivity contribution in [3.63, 3.8) is 0 Å². The number of rotatable bonds is 7. The maximum absolute atomic E-state index is 6.13. The van der Waals surface area contributed by atoms with Gasteiger partial charge < -0.3 is 16.4 Å². The SMILES string of the molecule is NC1=CC=CCN1CCCCCCN1CCCCC1N. The van der Waals surface area contributed by atoms with Crippen LogP contribution in [0.15, 0.2) is 24.0 Å².